The zero-order valence-electron chi connectivity index (χ0n) is 13.5. The second kappa shape index (κ2) is 9.81. The first-order chi connectivity index (χ1) is 10.4. The lowest BCUT2D eigenvalue weighted by molar-refractivity contribution is 0.584. The number of sulfonamides is 1. The minimum absolute atomic E-state index is 0.427. The van der Waals surface area contributed by atoms with Gasteiger partial charge in [-0.2, -0.15) is 0 Å². The Labute approximate surface area is 137 Å². The van der Waals surface area contributed by atoms with Crippen LogP contribution in [0.4, 0.5) is 0 Å². The number of rotatable bonds is 9. The van der Waals surface area contributed by atoms with Gasteiger partial charge in [-0.3, -0.25) is 0 Å². The first-order valence-corrected chi connectivity index (χ1v) is 10.2. The minimum atomic E-state index is -3.10. The van der Waals surface area contributed by atoms with E-state index in [1.54, 1.807) is 11.3 Å². The van der Waals surface area contributed by atoms with Crippen molar-refractivity contribution in [1.82, 2.24) is 15.4 Å². The van der Waals surface area contributed by atoms with Gasteiger partial charge in [-0.05, 0) is 31.9 Å². The molecule has 1 aromatic rings. The quantitative estimate of drug-likeness (QED) is 0.358. The zero-order valence-corrected chi connectivity index (χ0v) is 15.1. The highest BCUT2D eigenvalue weighted by Gasteiger charge is 2.01. The van der Waals surface area contributed by atoms with Crippen LogP contribution in [0.2, 0.25) is 0 Å². The van der Waals surface area contributed by atoms with E-state index in [2.05, 4.69) is 39.4 Å². The Morgan fingerprint density at radius 2 is 1.91 bits per heavy atom. The van der Waals surface area contributed by atoms with Crippen molar-refractivity contribution in [1.29, 1.82) is 0 Å². The summed E-state index contributed by atoms with van der Waals surface area (Å²) in [4.78, 5) is 7.16. The largest absolute Gasteiger partial charge is 0.357 e. The number of thiophene rings is 1. The number of hydrogen-bond acceptors (Lipinski definition) is 4. The van der Waals surface area contributed by atoms with E-state index in [1.807, 2.05) is 6.92 Å². The minimum Gasteiger partial charge on any atom is -0.357 e. The van der Waals surface area contributed by atoms with Gasteiger partial charge >= 0.3 is 0 Å². The average molecular weight is 347 g/mol. The van der Waals surface area contributed by atoms with E-state index >= 15 is 0 Å². The SMILES string of the molecule is CCNC(=NCc1ccc(CC)s1)NCCCNS(C)(=O)=O. The van der Waals surface area contributed by atoms with Crippen LogP contribution in [0, 0.1) is 0 Å². The van der Waals surface area contributed by atoms with Gasteiger partial charge in [0.1, 0.15) is 0 Å². The molecule has 1 heterocycles. The van der Waals surface area contributed by atoms with Gasteiger partial charge in [0.05, 0.1) is 12.8 Å². The third-order valence-electron chi connectivity index (χ3n) is 2.81. The van der Waals surface area contributed by atoms with E-state index in [4.69, 9.17) is 0 Å². The highest BCUT2D eigenvalue weighted by molar-refractivity contribution is 7.88. The molecule has 0 bridgehead atoms. The molecule has 126 valence electrons. The monoisotopic (exact) mass is 346 g/mol. The molecule has 0 aliphatic rings. The Hall–Kier alpha value is -1.12. The van der Waals surface area contributed by atoms with E-state index in [-0.39, 0.29) is 0 Å². The number of guanidine groups is 1. The molecule has 1 aromatic heterocycles. The van der Waals surface area contributed by atoms with E-state index in [9.17, 15) is 8.42 Å². The van der Waals surface area contributed by atoms with Crippen molar-refractivity contribution in [3.63, 3.8) is 0 Å². The summed E-state index contributed by atoms with van der Waals surface area (Å²) in [5.41, 5.74) is 0. The number of hydrogen-bond donors (Lipinski definition) is 3. The van der Waals surface area contributed by atoms with Gasteiger partial charge in [0.2, 0.25) is 10.0 Å². The fourth-order valence-corrected chi connectivity index (χ4v) is 3.15. The maximum atomic E-state index is 11.0. The van der Waals surface area contributed by atoms with Crippen LogP contribution in [0.3, 0.4) is 0 Å². The molecule has 6 nitrogen and oxygen atoms in total. The van der Waals surface area contributed by atoms with Gasteiger partial charge in [0.25, 0.3) is 0 Å². The Balaban J connectivity index is 2.38. The van der Waals surface area contributed by atoms with Crippen LogP contribution in [0.25, 0.3) is 0 Å². The first-order valence-electron chi connectivity index (χ1n) is 7.49. The molecule has 0 unspecified atom stereocenters. The predicted molar refractivity (Wildman–Crippen MR) is 94.0 cm³/mol. The topological polar surface area (TPSA) is 82.6 Å². The molecular formula is C14H26N4O2S2. The molecule has 0 aliphatic carbocycles. The fourth-order valence-electron chi connectivity index (χ4n) is 1.75. The third kappa shape index (κ3) is 8.35. The number of nitrogens with one attached hydrogen (secondary N) is 3. The van der Waals surface area contributed by atoms with Crippen LogP contribution in [0.5, 0.6) is 0 Å². The van der Waals surface area contributed by atoms with Gasteiger partial charge in [-0.25, -0.2) is 18.1 Å². The molecule has 0 saturated carbocycles. The van der Waals surface area contributed by atoms with Crippen LogP contribution in [0.1, 0.15) is 30.0 Å². The van der Waals surface area contributed by atoms with E-state index in [0.29, 0.717) is 26.1 Å². The Kier molecular flexibility index (Phi) is 8.44. The summed E-state index contributed by atoms with van der Waals surface area (Å²) in [6.45, 7) is 6.70. The summed E-state index contributed by atoms with van der Waals surface area (Å²) in [6, 6.07) is 4.26. The summed E-state index contributed by atoms with van der Waals surface area (Å²) in [5.74, 6) is 0.758. The molecule has 0 aromatic carbocycles. The molecule has 22 heavy (non-hydrogen) atoms. The smallest absolute Gasteiger partial charge is 0.208 e. The summed E-state index contributed by atoms with van der Waals surface area (Å²) in [7, 11) is -3.10. The lowest BCUT2D eigenvalue weighted by Crippen LogP contribution is -2.38. The normalized spacial score (nSPS) is 12.4. The Morgan fingerprint density at radius 1 is 1.18 bits per heavy atom. The molecule has 0 fully saturated rings. The van der Waals surface area contributed by atoms with Crippen molar-refractivity contribution in [3.05, 3.63) is 21.9 Å². The van der Waals surface area contributed by atoms with Gasteiger partial charge in [0, 0.05) is 29.4 Å². The molecule has 0 spiro atoms. The number of aliphatic imine (C=N–C) groups is 1. The average Bonchev–Trinajstić information content (AvgIpc) is 2.91. The molecular weight excluding hydrogens is 320 g/mol. The van der Waals surface area contributed by atoms with E-state index in [1.165, 1.54) is 9.75 Å². The van der Waals surface area contributed by atoms with Gasteiger partial charge in [-0.15, -0.1) is 11.3 Å². The second-order valence-corrected chi connectivity index (χ2v) is 7.95. The lowest BCUT2D eigenvalue weighted by Gasteiger charge is -2.11. The predicted octanol–water partition coefficient (Wildman–Crippen LogP) is 1.30. The standard InChI is InChI=1S/C14H26N4O2S2/c1-4-12-7-8-13(21-12)11-17-14(15-5-2)16-9-6-10-18-22(3,19)20/h7-8,18H,4-6,9-11H2,1-3H3,(H2,15,16,17). The van der Waals surface area contributed by atoms with Crippen molar-refractivity contribution in [2.45, 2.75) is 33.2 Å². The van der Waals surface area contributed by atoms with Crippen molar-refractivity contribution in [2.75, 3.05) is 25.9 Å². The van der Waals surface area contributed by atoms with Crippen LogP contribution in [0.15, 0.2) is 17.1 Å². The van der Waals surface area contributed by atoms with Crippen LogP contribution in [-0.4, -0.2) is 40.3 Å². The fraction of sp³-hybridized carbons (Fsp3) is 0.643. The zero-order chi connectivity index (χ0) is 16.4. The Bertz CT molecular complexity index is 567. The molecule has 0 atom stereocenters. The number of aryl methyl sites for hydroxylation is 1. The molecule has 0 radical (unpaired) electrons. The number of nitrogens with zero attached hydrogens (tertiary/aromatic N) is 1. The van der Waals surface area contributed by atoms with Crippen molar-refractivity contribution in [3.8, 4) is 0 Å². The molecule has 0 saturated heterocycles. The van der Waals surface area contributed by atoms with Gasteiger partial charge in [-0.1, -0.05) is 6.92 Å². The second-order valence-electron chi connectivity index (χ2n) is 4.86. The highest BCUT2D eigenvalue weighted by Crippen LogP contribution is 2.17. The lowest BCUT2D eigenvalue weighted by atomic mass is 10.4. The molecule has 1 rings (SSSR count). The Morgan fingerprint density at radius 3 is 2.50 bits per heavy atom. The van der Waals surface area contributed by atoms with E-state index < -0.39 is 10.0 Å². The summed E-state index contributed by atoms with van der Waals surface area (Å²) in [6.07, 6.45) is 2.92. The van der Waals surface area contributed by atoms with Gasteiger partial charge < -0.3 is 10.6 Å². The summed E-state index contributed by atoms with van der Waals surface area (Å²) in [5, 5.41) is 6.39. The molecule has 3 N–H and O–H groups in total. The van der Waals surface area contributed by atoms with Crippen molar-refractivity contribution >= 4 is 27.3 Å². The first kappa shape index (κ1) is 18.9. The van der Waals surface area contributed by atoms with Crippen molar-refractivity contribution in [2.24, 2.45) is 4.99 Å². The van der Waals surface area contributed by atoms with Crippen LogP contribution in [-0.2, 0) is 23.0 Å². The van der Waals surface area contributed by atoms with Crippen molar-refractivity contribution < 1.29 is 8.42 Å². The summed E-state index contributed by atoms with van der Waals surface area (Å²) < 4.78 is 24.4. The summed E-state index contributed by atoms with van der Waals surface area (Å²) >= 11 is 1.79. The van der Waals surface area contributed by atoms with Crippen LogP contribution < -0.4 is 15.4 Å². The third-order valence-corrected chi connectivity index (χ3v) is 4.76. The highest BCUT2D eigenvalue weighted by atomic mass is 32.2. The maximum absolute atomic E-state index is 11.0. The molecule has 8 heteroatoms. The van der Waals surface area contributed by atoms with E-state index in [0.717, 1.165) is 25.2 Å². The maximum Gasteiger partial charge on any atom is 0.208 e. The molecule has 0 aliphatic heterocycles. The van der Waals surface area contributed by atoms with Gasteiger partial charge in [0.15, 0.2) is 5.96 Å². The molecule has 0 amide bonds. The van der Waals surface area contributed by atoms with Crippen LogP contribution >= 0.6 is 11.3 Å².